The van der Waals surface area contributed by atoms with Crippen molar-refractivity contribution < 1.29 is 4.57 Å². The van der Waals surface area contributed by atoms with Crippen LogP contribution in [0.1, 0.15) is 31.9 Å². The van der Waals surface area contributed by atoms with E-state index in [2.05, 4.69) is 87.5 Å². The van der Waals surface area contributed by atoms with Crippen molar-refractivity contribution in [1.82, 2.24) is 0 Å². The van der Waals surface area contributed by atoms with Gasteiger partial charge < -0.3 is 0 Å². The van der Waals surface area contributed by atoms with Gasteiger partial charge in [0.05, 0.1) is 11.0 Å². The first kappa shape index (κ1) is 13.1. The molecular weight excluding hydrogens is 242 g/mol. The van der Waals surface area contributed by atoms with E-state index in [0.717, 1.165) is 0 Å². The maximum Gasteiger partial charge on any atom is 0.213 e. The highest BCUT2D eigenvalue weighted by Crippen LogP contribution is 2.45. The molecular formula is C19H22N+. The molecule has 1 heteroatoms. The average molecular weight is 264 g/mol. The highest BCUT2D eigenvalue weighted by atomic mass is 15.1. The number of aromatic nitrogens is 1. The van der Waals surface area contributed by atoms with Crippen LogP contribution in [-0.4, -0.2) is 0 Å². The molecule has 0 bridgehead atoms. The van der Waals surface area contributed by atoms with Gasteiger partial charge in [-0.3, -0.25) is 0 Å². The fourth-order valence-electron chi connectivity index (χ4n) is 3.39. The number of allylic oxidation sites excluding steroid dienone is 1. The highest BCUT2D eigenvalue weighted by molar-refractivity contribution is 5.65. The van der Waals surface area contributed by atoms with Gasteiger partial charge in [0.15, 0.2) is 11.7 Å². The minimum atomic E-state index is -0.136. The quantitative estimate of drug-likeness (QED) is 0.538. The number of pyridine rings is 1. The molecule has 1 aromatic heterocycles. The van der Waals surface area contributed by atoms with Gasteiger partial charge in [-0.05, 0) is 44.5 Å². The molecule has 1 unspecified atom stereocenters. The van der Waals surface area contributed by atoms with E-state index in [9.17, 15) is 0 Å². The van der Waals surface area contributed by atoms with E-state index in [1.54, 1.807) is 0 Å². The Labute approximate surface area is 121 Å². The second-order valence-corrected chi connectivity index (χ2v) is 6.48. The lowest BCUT2D eigenvalue weighted by Crippen LogP contribution is -2.66. The largest absolute Gasteiger partial charge is 0.213 e. The molecule has 0 aliphatic carbocycles. The third kappa shape index (κ3) is 1.46. The Morgan fingerprint density at radius 1 is 1.05 bits per heavy atom. The van der Waals surface area contributed by atoms with Crippen LogP contribution in [0.25, 0.3) is 11.3 Å². The molecule has 0 saturated carbocycles. The van der Waals surface area contributed by atoms with Crippen LogP contribution < -0.4 is 4.57 Å². The number of benzene rings is 1. The lowest BCUT2D eigenvalue weighted by Gasteiger charge is -2.42. The summed E-state index contributed by atoms with van der Waals surface area (Å²) in [4.78, 5) is 0. The lowest BCUT2D eigenvalue weighted by atomic mass is 9.64. The summed E-state index contributed by atoms with van der Waals surface area (Å²) >= 11 is 0. The van der Waals surface area contributed by atoms with Crippen LogP contribution in [0, 0.1) is 6.92 Å². The van der Waals surface area contributed by atoms with E-state index in [1.807, 2.05) is 0 Å². The van der Waals surface area contributed by atoms with Crippen LogP contribution in [0.15, 0.2) is 55.3 Å². The number of fused-ring (bicyclic) bond motifs is 3. The van der Waals surface area contributed by atoms with Gasteiger partial charge in [0.25, 0.3) is 0 Å². The minimum Gasteiger partial charge on any atom is -0.188 e. The molecule has 0 amide bonds. The maximum absolute atomic E-state index is 4.13. The summed E-state index contributed by atoms with van der Waals surface area (Å²) in [5, 5.41) is 0. The maximum atomic E-state index is 4.13. The van der Waals surface area contributed by atoms with Crippen molar-refractivity contribution in [2.24, 2.45) is 0 Å². The average Bonchev–Trinajstić information content (AvgIpc) is 2.45. The first-order valence-corrected chi connectivity index (χ1v) is 7.18. The normalized spacial score (nSPS) is 22.8. The molecule has 1 aliphatic heterocycles. The van der Waals surface area contributed by atoms with Crippen molar-refractivity contribution in [3.63, 3.8) is 0 Å². The summed E-state index contributed by atoms with van der Waals surface area (Å²) in [6.45, 7) is 13.2. The Bertz CT molecular complexity index is 697. The predicted molar refractivity (Wildman–Crippen MR) is 83.7 cm³/mol. The molecule has 2 heterocycles. The van der Waals surface area contributed by atoms with Crippen molar-refractivity contribution in [2.75, 3.05) is 0 Å². The van der Waals surface area contributed by atoms with E-state index >= 15 is 0 Å². The molecule has 3 rings (SSSR count). The van der Waals surface area contributed by atoms with Crippen LogP contribution in [0.4, 0.5) is 0 Å². The van der Waals surface area contributed by atoms with Gasteiger partial charge in [-0.25, -0.2) is 0 Å². The molecule has 20 heavy (non-hydrogen) atoms. The van der Waals surface area contributed by atoms with E-state index in [0.29, 0.717) is 0 Å². The predicted octanol–water partition coefficient (Wildman–Crippen LogP) is 4.14. The van der Waals surface area contributed by atoms with Crippen molar-refractivity contribution in [3.8, 4) is 11.3 Å². The first-order chi connectivity index (χ1) is 9.41. The van der Waals surface area contributed by atoms with Gasteiger partial charge in [0.2, 0.25) is 5.69 Å². The first-order valence-electron chi connectivity index (χ1n) is 7.18. The van der Waals surface area contributed by atoms with Crippen molar-refractivity contribution in [2.45, 2.75) is 38.6 Å². The Hall–Kier alpha value is -1.89. The molecule has 1 atom stereocenters. The van der Waals surface area contributed by atoms with Crippen molar-refractivity contribution in [3.05, 3.63) is 66.4 Å². The van der Waals surface area contributed by atoms with Gasteiger partial charge in [0, 0.05) is 18.6 Å². The summed E-state index contributed by atoms with van der Waals surface area (Å²) in [6, 6.07) is 13.1. The van der Waals surface area contributed by atoms with Gasteiger partial charge >= 0.3 is 0 Å². The van der Waals surface area contributed by atoms with Gasteiger partial charge in [-0.1, -0.05) is 24.8 Å². The zero-order chi connectivity index (χ0) is 14.5. The number of aryl methyl sites for hydroxylation is 1. The summed E-state index contributed by atoms with van der Waals surface area (Å²) in [5.41, 5.74) is 5.13. The fraction of sp³-hybridized carbons (Fsp3) is 0.316. The van der Waals surface area contributed by atoms with Gasteiger partial charge in [0.1, 0.15) is 0 Å². The lowest BCUT2D eigenvalue weighted by molar-refractivity contribution is -0.751. The summed E-state index contributed by atoms with van der Waals surface area (Å²) in [5.74, 6) is 0. The second kappa shape index (κ2) is 4.05. The van der Waals surface area contributed by atoms with Crippen LogP contribution in [-0.2, 0) is 11.0 Å². The third-order valence-electron chi connectivity index (χ3n) is 5.14. The molecule has 0 radical (unpaired) electrons. The number of hydrogen-bond donors (Lipinski definition) is 0. The van der Waals surface area contributed by atoms with E-state index in [1.165, 1.54) is 22.4 Å². The molecule has 1 aromatic carbocycles. The summed E-state index contributed by atoms with van der Waals surface area (Å²) in [7, 11) is 0. The van der Waals surface area contributed by atoms with Crippen LogP contribution in [0.5, 0.6) is 0 Å². The molecule has 1 aliphatic rings. The van der Waals surface area contributed by atoms with Gasteiger partial charge in [-0.2, -0.15) is 4.57 Å². The van der Waals surface area contributed by atoms with E-state index in [4.69, 9.17) is 0 Å². The van der Waals surface area contributed by atoms with Crippen LogP contribution in [0.3, 0.4) is 0 Å². The SMILES string of the molecule is C=CC1(C)[n+]2cc(C)ccc2-c2ccccc2C1(C)C. The molecule has 0 N–H and O–H groups in total. The summed E-state index contributed by atoms with van der Waals surface area (Å²) < 4.78 is 2.39. The Kier molecular flexibility index (Phi) is 2.66. The van der Waals surface area contributed by atoms with Crippen LogP contribution in [0.2, 0.25) is 0 Å². The summed E-state index contributed by atoms with van der Waals surface area (Å²) in [6.07, 6.45) is 4.33. The van der Waals surface area contributed by atoms with Gasteiger partial charge in [-0.15, -0.1) is 0 Å². The Morgan fingerprint density at radius 2 is 1.75 bits per heavy atom. The Morgan fingerprint density at radius 3 is 2.45 bits per heavy atom. The third-order valence-corrected chi connectivity index (χ3v) is 5.14. The smallest absolute Gasteiger partial charge is 0.188 e. The monoisotopic (exact) mass is 264 g/mol. The van der Waals surface area contributed by atoms with Crippen molar-refractivity contribution >= 4 is 0 Å². The van der Waals surface area contributed by atoms with Crippen molar-refractivity contribution in [1.29, 1.82) is 0 Å². The zero-order valence-corrected chi connectivity index (χ0v) is 12.8. The minimum absolute atomic E-state index is 0.00317. The molecule has 102 valence electrons. The van der Waals surface area contributed by atoms with Crippen LogP contribution >= 0.6 is 0 Å². The molecule has 0 saturated heterocycles. The van der Waals surface area contributed by atoms with E-state index in [-0.39, 0.29) is 11.0 Å². The topological polar surface area (TPSA) is 3.88 Å². The Balaban J connectivity index is 2.46. The molecule has 2 aromatic rings. The standard InChI is InChI=1S/C19H22N/c1-6-19(5)18(3,4)16-10-8-7-9-15(16)17-12-11-14(2)13-20(17)19/h6-13H,1H2,2-5H3/q+1. The number of rotatable bonds is 1. The molecule has 1 nitrogen and oxygen atoms in total. The molecule has 0 fully saturated rings. The van der Waals surface area contributed by atoms with E-state index < -0.39 is 0 Å². The fourth-order valence-corrected chi connectivity index (χ4v) is 3.39. The zero-order valence-electron chi connectivity index (χ0n) is 12.8. The number of nitrogens with zero attached hydrogens (tertiary/aromatic N) is 1. The highest BCUT2D eigenvalue weighted by Gasteiger charge is 2.53. The number of hydrogen-bond acceptors (Lipinski definition) is 0. The molecule has 0 spiro atoms. The second-order valence-electron chi connectivity index (χ2n) is 6.48.